The number of ether oxygens (including phenoxy) is 1. The van der Waals surface area contributed by atoms with Crippen molar-refractivity contribution in [1.29, 1.82) is 0 Å². The molecule has 27 heavy (non-hydrogen) atoms. The summed E-state index contributed by atoms with van der Waals surface area (Å²) in [5.74, 6) is 1.17. The van der Waals surface area contributed by atoms with Gasteiger partial charge in [-0.05, 0) is 54.0 Å². The van der Waals surface area contributed by atoms with Crippen molar-refractivity contribution in [2.75, 3.05) is 0 Å². The Morgan fingerprint density at radius 1 is 1.15 bits per heavy atom. The molecule has 1 heterocycles. The molecule has 1 aromatic heterocycles. The van der Waals surface area contributed by atoms with Gasteiger partial charge in [0.25, 0.3) is 0 Å². The van der Waals surface area contributed by atoms with Gasteiger partial charge in [0.05, 0.1) is 12.2 Å². The van der Waals surface area contributed by atoms with Gasteiger partial charge < -0.3 is 4.74 Å². The summed E-state index contributed by atoms with van der Waals surface area (Å²) in [4.78, 5) is 4.55. The minimum absolute atomic E-state index is 0.0482. The van der Waals surface area contributed by atoms with Crippen LogP contribution in [0.5, 0.6) is 0 Å². The average Bonchev–Trinajstić information content (AvgIpc) is 3.08. The lowest BCUT2D eigenvalue weighted by Gasteiger charge is -2.40. The van der Waals surface area contributed by atoms with Gasteiger partial charge in [-0.2, -0.15) is 5.10 Å². The molecule has 4 rings (SSSR count). The van der Waals surface area contributed by atoms with E-state index in [2.05, 4.69) is 73.3 Å². The van der Waals surface area contributed by atoms with Crippen molar-refractivity contribution in [2.24, 2.45) is 12.5 Å². The minimum Gasteiger partial charge on any atom is -0.370 e. The van der Waals surface area contributed by atoms with Crippen molar-refractivity contribution >= 4 is 10.8 Å². The number of aryl methyl sites for hydroxylation is 1. The van der Waals surface area contributed by atoms with E-state index in [1.807, 2.05) is 7.05 Å². The molecule has 0 spiro atoms. The van der Waals surface area contributed by atoms with Crippen LogP contribution in [0.15, 0.2) is 48.8 Å². The van der Waals surface area contributed by atoms with Gasteiger partial charge in [-0.15, -0.1) is 0 Å². The smallest absolute Gasteiger partial charge is 0.156 e. The topological polar surface area (TPSA) is 39.9 Å². The van der Waals surface area contributed by atoms with Crippen LogP contribution in [0.2, 0.25) is 0 Å². The first-order valence-corrected chi connectivity index (χ1v) is 9.91. The third-order valence-corrected chi connectivity index (χ3v) is 5.90. The van der Waals surface area contributed by atoms with E-state index in [1.165, 1.54) is 22.8 Å². The van der Waals surface area contributed by atoms with Crippen molar-refractivity contribution in [3.63, 3.8) is 0 Å². The molecular formula is C23H29N3O. The zero-order valence-corrected chi connectivity index (χ0v) is 16.7. The fourth-order valence-electron chi connectivity index (χ4n) is 4.31. The normalized spacial score (nSPS) is 23.4. The molecule has 0 amide bonds. The van der Waals surface area contributed by atoms with Crippen LogP contribution in [0.3, 0.4) is 0 Å². The Bertz CT molecular complexity index is 930. The molecule has 142 valence electrons. The lowest BCUT2D eigenvalue weighted by Crippen LogP contribution is -2.35. The van der Waals surface area contributed by atoms with Gasteiger partial charge in [0, 0.05) is 13.0 Å². The number of rotatable bonds is 4. The Balaban J connectivity index is 1.56. The molecule has 4 nitrogen and oxygen atoms in total. The summed E-state index contributed by atoms with van der Waals surface area (Å²) in [6.45, 7) is 6.84. The van der Waals surface area contributed by atoms with Gasteiger partial charge in [-0.3, -0.25) is 4.68 Å². The lowest BCUT2D eigenvalue weighted by atomic mass is 9.70. The molecule has 2 aromatic carbocycles. The van der Waals surface area contributed by atoms with E-state index in [1.54, 1.807) is 11.0 Å². The van der Waals surface area contributed by atoms with E-state index in [0.717, 1.165) is 18.7 Å². The first-order valence-electron chi connectivity index (χ1n) is 9.91. The fraction of sp³-hybridized carbons (Fsp3) is 0.478. The number of benzene rings is 2. The third-order valence-electron chi connectivity index (χ3n) is 5.90. The van der Waals surface area contributed by atoms with Crippen LogP contribution in [0.4, 0.5) is 0 Å². The van der Waals surface area contributed by atoms with Crippen LogP contribution >= 0.6 is 0 Å². The quantitative estimate of drug-likeness (QED) is 0.622. The molecule has 0 radical (unpaired) electrons. The van der Waals surface area contributed by atoms with Gasteiger partial charge >= 0.3 is 0 Å². The highest BCUT2D eigenvalue weighted by Gasteiger charge is 2.39. The van der Waals surface area contributed by atoms with E-state index in [-0.39, 0.29) is 18.1 Å². The molecule has 1 aliphatic carbocycles. The Morgan fingerprint density at radius 2 is 1.93 bits per heavy atom. The molecule has 3 unspecified atom stereocenters. The first-order chi connectivity index (χ1) is 12.9. The van der Waals surface area contributed by atoms with Crippen molar-refractivity contribution in [1.82, 2.24) is 14.8 Å². The Hall–Kier alpha value is -2.20. The molecule has 1 aliphatic rings. The second-order valence-electron chi connectivity index (χ2n) is 8.71. The first kappa shape index (κ1) is 18.2. The highest BCUT2D eigenvalue weighted by Crippen LogP contribution is 2.45. The summed E-state index contributed by atoms with van der Waals surface area (Å²) in [7, 11) is 1.93. The van der Waals surface area contributed by atoms with Crippen molar-refractivity contribution < 1.29 is 4.74 Å². The number of nitrogens with zero attached hydrogens (tertiary/aromatic N) is 3. The monoisotopic (exact) mass is 363 g/mol. The number of aromatic nitrogens is 3. The molecule has 0 N–H and O–H groups in total. The molecule has 3 atom stereocenters. The average molecular weight is 364 g/mol. The molecule has 3 aromatic rings. The van der Waals surface area contributed by atoms with Crippen LogP contribution in [0.1, 0.15) is 63.4 Å². The van der Waals surface area contributed by atoms with Crippen molar-refractivity contribution in [3.05, 3.63) is 60.2 Å². The van der Waals surface area contributed by atoms with Crippen LogP contribution in [0.25, 0.3) is 10.8 Å². The van der Waals surface area contributed by atoms with Crippen LogP contribution in [-0.4, -0.2) is 20.9 Å². The van der Waals surface area contributed by atoms with E-state index in [9.17, 15) is 0 Å². The maximum Gasteiger partial charge on any atom is 0.156 e. The highest BCUT2D eigenvalue weighted by atomic mass is 16.5. The van der Waals surface area contributed by atoms with Gasteiger partial charge in [-0.1, -0.05) is 50.2 Å². The zero-order chi connectivity index (χ0) is 19.0. The van der Waals surface area contributed by atoms with Crippen molar-refractivity contribution in [2.45, 2.75) is 58.2 Å². The second-order valence-corrected chi connectivity index (χ2v) is 8.71. The molecule has 1 saturated carbocycles. The standard InChI is InChI=1S/C23H29N3O/c1-16(18-10-9-17-7-5-6-8-19(17)13-18)27-21-11-12-23(2,3)14-20(21)22-24-15-26(4)25-22/h5-10,13,15-16,20-21H,11-12,14H2,1-4H3. The third kappa shape index (κ3) is 3.91. The van der Waals surface area contributed by atoms with E-state index in [4.69, 9.17) is 4.74 Å². The van der Waals surface area contributed by atoms with E-state index in [0.29, 0.717) is 5.41 Å². The summed E-state index contributed by atoms with van der Waals surface area (Å²) >= 11 is 0. The molecule has 1 fully saturated rings. The largest absolute Gasteiger partial charge is 0.370 e. The predicted octanol–water partition coefficient (Wildman–Crippen LogP) is 5.41. The van der Waals surface area contributed by atoms with Crippen LogP contribution < -0.4 is 0 Å². The SMILES string of the molecule is CC(OC1CCC(C)(C)CC1c1ncn(C)n1)c1ccc2ccccc2c1. The molecule has 0 saturated heterocycles. The Morgan fingerprint density at radius 3 is 2.67 bits per heavy atom. The van der Waals surface area contributed by atoms with E-state index < -0.39 is 0 Å². The van der Waals surface area contributed by atoms with Crippen LogP contribution in [0, 0.1) is 5.41 Å². The van der Waals surface area contributed by atoms with Gasteiger partial charge in [0.1, 0.15) is 6.33 Å². The highest BCUT2D eigenvalue weighted by molar-refractivity contribution is 5.83. The summed E-state index contributed by atoms with van der Waals surface area (Å²) in [6, 6.07) is 15.1. The number of hydrogen-bond donors (Lipinski definition) is 0. The predicted molar refractivity (Wildman–Crippen MR) is 109 cm³/mol. The molecule has 0 bridgehead atoms. The van der Waals surface area contributed by atoms with Gasteiger partial charge in [-0.25, -0.2) is 4.98 Å². The number of hydrogen-bond acceptors (Lipinski definition) is 3. The van der Waals surface area contributed by atoms with Gasteiger partial charge in [0.2, 0.25) is 0 Å². The summed E-state index contributed by atoms with van der Waals surface area (Å²) in [5.41, 5.74) is 1.53. The molecule has 4 heteroatoms. The van der Waals surface area contributed by atoms with Gasteiger partial charge in [0.15, 0.2) is 5.82 Å². The summed E-state index contributed by atoms with van der Waals surface area (Å²) in [6.07, 6.45) is 5.28. The number of fused-ring (bicyclic) bond motifs is 1. The molecular weight excluding hydrogens is 334 g/mol. The summed E-state index contributed by atoms with van der Waals surface area (Å²) < 4.78 is 8.40. The lowest BCUT2D eigenvalue weighted by molar-refractivity contribution is -0.0544. The Kier molecular flexibility index (Phi) is 4.77. The maximum absolute atomic E-state index is 6.61. The fourth-order valence-corrected chi connectivity index (χ4v) is 4.31. The zero-order valence-electron chi connectivity index (χ0n) is 16.7. The van der Waals surface area contributed by atoms with E-state index >= 15 is 0 Å². The maximum atomic E-state index is 6.61. The van der Waals surface area contributed by atoms with Crippen molar-refractivity contribution in [3.8, 4) is 0 Å². The van der Waals surface area contributed by atoms with Crippen LogP contribution in [-0.2, 0) is 11.8 Å². The second kappa shape index (κ2) is 7.08. The Labute approximate surface area is 161 Å². The minimum atomic E-state index is 0.0482. The molecule has 0 aliphatic heterocycles. The summed E-state index contributed by atoms with van der Waals surface area (Å²) in [5, 5.41) is 7.13.